The van der Waals surface area contributed by atoms with Crippen LogP contribution in [0, 0.1) is 23.7 Å². The molecule has 0 radical (unpaired) electrons. The molecule has 2 aliphatic carbocycles. The molecular weight excluding hydrogens is 351 g/mol. The fraction of sp³-hybridized carbons (Fsp3) is 0.471. The van der Waals surface area contributed by atoms with Crippen LogP contribution in [0.4, 0.5) is 5.69 Å². The van der Waals surface area contributed by atoms with Gasteiger partial charge in [0.2, 0.25) is 17.7 Å². The molecule has 1 saturated heterocycles. The summed E-state index contributed by atoms with van der Waals surface area (Å²) in [5, 5.41) is 3.41. The molecule has 5 nitrogen and oxygen atoms in total. The molecule has 2 saturated carbocycles. The highest BCUT2D eigenvalue weighted by atomic mass is 35.5. The lowest BCUT2D eigenvalue weighted by atomic mass is 9.81. The van der Waals surface area contributed by atoms with Crippen LogP contribution in [0.1, 0.15) is 19.3 Å². The fourth-order valence-corrected chi connectivity index (χ4v) is 4.89. The van der Waals surface area contributed by atoms with Gasteiger partial charge in [-0.3, -0.25) is 19.3 Å². The summed E-state index contributed by atoms with van der Waals surface area (Å²) in [6.45, 7) is -0.271. The first-order valence-electron chi connectivity index (χ1n) is 8.06. The maximum atomic E-state index is 12.6. The molecule has 1 aromatic carbocycles. The number of carbonyl (C=O) groups excluding carboxylic acids is 3. The van der Waals surface area contributed by atoms with Gasteiger partial charge in [0.05, 0.1) is 22.5 Å². The minimum absolute atomic E-state index is 0.190. The van der Waals surface area contributed by atoms with Crippen molar-refractivity contribution in [2.75, 3.05) is 11.9 Å². The van der Waals surface area contributed by atoms with Crippen molar-refractivity contribution < 1.29 is 14.4 Å². The standard InChI is InChI=1S/C17H16Cl2N2O3/c18-10-3-4-11(19)12(6-10)20-13(22)7-21-16(23)14-8-1-2-9(5-8)15(14)17(21)24/h3-4,6,8-9,14-15H,1-2,5,7H2,(H,20,22). The first-order valence-corrected chi connectivity index (χ1v) is 8.81. The minimum atomic E-state index is -0.451. The largest absolute Gasteiger partial charge is 0.323 e. The van der Waals surface area contributed by atoms with Crippen LogP contribution in [0.25, 0.3) is 0 Å². The van der Waals surface area contributed by atoms with E-state index in [1.165, 1.54) is 6.07 Å². The highest BCUT2D eigenvalue weighted by molar-refractivity contribution is 6.35. The van der Waals surface area contributed by atoms with E-state index in [0.717, 1.165) is 24.2 Å². The lowest BCUT2D eigenvalue weighted by Crippen LogP contribution is -2.39. The van der Waals surface area contributed by atoms with Crippen molar-refractivity contribution in [3.63, 3.8) is 0 Å². The SMILES string of the molecule is O=C(CN1C(=O)C2C3CCC(C3)C2C1=O)Nc1cc(Cl)ccc1Cl. The Kier molecular flexibility index (Phi) is 3.81. The van der Waals surface area contributed by atoms with Crippen molar-refractivity contribution in [3.8, 4) is 0 Å². The minimum Gasteiger partial charge on any atom is -0.323 e. The highest BCUT2D eigenvalue weighted by Gasteiger charge is 2.60. The van der Waals surface area contributed by atoms with Crippen molar-refractivity contribution in [1.29, 1.82) is 0 Å². The van der Waals surface area contributed by atoms with Crippen LogP contribution in [-0.4, -0.2) is 29.2 Å². The van der Waals surface area contributed by atoms with Crippen molar-refractivity contribution in [2.24, 2.45) is 23.7 Å². The number of imide groups is 1. The summed E-state index contributed by atoms with van der Waals surface area (Å²) in [4.78, 5) is 38.5. The Balaban J connectivity index is 1.47. The van der Waals surface area contributed by atoms with E-state index in [1.807, 2.05) is 0 Å². The summed E-state index contributed by atoms with van der Waals surface area (Å²) in [7, 11) is 0. The van der Waals surface area contributed by atoms with Gasteiger partial charge in [-0.15, -0.1) is 0 Å². The van der Waals surface area contributed by atoms with Crippen molar-refractivity contribution in [2.45, 2.75) is 19.3 Å². The Hall–Kier alpha value is -1.59. The molecule has 4 rings (SSSR count). The average molecular weight is 367 g/mol. The lowest BCUT2D eigenvalue weighted by Gasteiger charge is -2.19. The van der Waals surface area contributed by atoms with Crippen LogP contribution >= 0.6 is 23.2 Å². The Morgan fingerprint density at radius 1 is 1.12 bits per heavy atom. The van der Waals surface area contributed by atoms with E-state index in [1.54, 1.807) is 12.1 Å². The number of hydrogen-bond donors (Lipinski definition) is 1. The topological polar surface area (TPSA) is 66.5 Å². The van der Waals surface area contributed by atoms with Crippen LogP contribution in [0.5, 0.6) is 0 Å². The average Bonchev–Trinajstić information content (AvgIpc) is 3.21. The molecule has 1 N–H and O–H groups in total. The Bertz CT molecular complexity index is 723. The van der Waals surface area contributed by atoms with Gasteiger partial charge >= 0.3 is 0 Å². The number of nitrogens with one attached hydrogen (secondary N) is 1. The molecule has 2 bridgehead atoms. The van der Waals surface area contributed by atoms with Gasteiger partial charge in [-0.1, -0.05) is 23.2 Å². The number of benzene rings is 1. The molecule has 1 aromatic rings. The van der Waals surface area contributed by atoms with Crippen molar-refractivity contribution in [1.82, 2.24) is 4.90 Å². The molecular formula is C17H16Cl2N2O3. The van der Waals surface area contributed by atoms with Gasteiger partial charge in [-0.05, 0) is 49.3 Å². The lowest BCUT2D eigenvalue weighted by molar-refractivity contribution is -0.143. The smallest absolute Gasteiger partial charge is 0.244 e. The number of likely N-dealkylation sites (tertiary alicyclic amines) is 1. The number of hydrogen-bond acceptors (Lipinski definition) is 3. The summed E-state index contributed by atoms with van der Waals surface area (Å²) in [5.74, 6) is -0.626. The van der Waals surface area contributed by atoms with Crippen LogP contribution in [0.3, 0.4) is 0 Å². The highest BCUT2D eigenvalue weighted by Crippen LogP contribution is 2.56. The molecule has 7 heteroatoms. The number of carbonyl (C=O) groups is 3. The predicted molar refractivity (Wildman–Crippen MR) is 89.6 cm³/mol. The number of amides is 3. The maximum absolute atomic E-state index is 12.6. The quantitative estimate of drug-likeness (QED) is 0.836. The second-order valence-corrected chi connectivity index (χ2v) is 7.66. The molecule has 1 aliphatic heterocycles. The van der Waals surface area contributed by atoms with Gasteiger partial charge in [0.15, 0.2) is 0 Å². The van der Waals surface area contributed by atoms with Gasteiger partial charge in [-0.25, -0.2) is 0 Å². The number of nitrogens with zero attached hydrogens (tertiary/aromatic N) is 1. The normalized spacial score (nSPS) is 30.8. The van der Waals surface area contributed by atoms with E-state index in [9.17, 15) is 14.4 Å². The summed E-state index contributed by atoms with van der Waals surface area (Å²) >= 11 is 11.9. The van der Waals surface area contributed by atoms with Gasteiger partial charge in [-0.2, -0.15) is 0 Å². The van der Waals surface area contributed by atoms with Crippen LogP contribution in [0.2, 0.25) is 10.0 Å². The Labute approximate surface area is 149 Å². The molecule has 3 amide bonds. The van der Waals surface area contributed by atoms with E-state index in [4.69, 9.17) is 23.2 Å². The Morgan fingerprint density at radius 3 is 2.38 bits per heavy atom. The van der Waals surface area contributed by atoms with Crippen LogP contribution in [0.15, 0.2) is 18.2 Å². The molecule has 0 aromatic heterocycles. The number of halogens is 2. The van der Waals surface area contributed by atoms with Gasteiger partial charge in [0.1, 0.15) is 6.54 Å². The fourth-order valence-electron chi connectivity index (χ4n) is 4.55. The van der Waals surface area contributed by atoms with Gasteiger partial charge < -0.3 is 5.32 Å². The third-order valence-corrected chi connectivity index (χ3v) is 6.09. The molecule has 0 spiro atoms. The number of rotatable bonds is 3. The van der Waals surface area contributed by atoms with E-state index >= 15 is 0 Å². The van der Waals surface area contributed by atoms with E-state index in [0.29, 0.717) is 27.6 Å². The molecule has 3 fully saturated rings. The zero-order chi connectivity index (χ0) is 17.0. The van der Waals surface area contributed by atoms with E-state index < -0.39 is 5.91 Å². The van der Waals surface area contributed by atoms with Crippen molar-refractivity contribution in [3.05, 3.63) is 28.2 Å². The molecule has 4 atom stereocenters. The zero-order valence-electron chi connectivity index (χ0n) is 12.8. The summed E-state index contributed by atoms with van der Waals surface area (Å²) < 4.78 is 0. The molecule has 126 valence electrons. The third kappa shape index (κ3) is 2.42. The zero-order valence-corrected chi connectivity index (χ0v) is 14.3. The summed E-state index contributed by atoms with van der Waals surface area (Å²) in [6, 6.07) is 4.72. The molecule has 4 unspecified atom stereocenters. The number of fused-ring (bicyclic) bond motifs is 5. The maximum Gasteiger partial charge on any atom is 0.244 e. The van der Waals surface area contributed by atoms with Crippen LogP contribution < -0.4 is 5.32 Å². The molecule has 24 heavy (non-hydrogen) atoms. The Morgan fingerprint density at radius 2 is 1.75 bits per heavy atom. The predicted octanol–water partition coefficient (Wildman–Crippen LogP) is 2.96. The summed E-state index contributed by atoms with van der Waals surface area (Å²) in [5.41, 5.74) is 0.369. The van der Waals surface area contributed by atoms with Gasteiger partial charge in [0, 0.05) is 5.02 Å². The summed E-state index contributed by atoms with van der Waals surface area (Å²) in [6.07, 6.45) is 3.01. The monoisotopic (exact) mass is 366 g/mol. The van der Waals surface area contributed by atoms with Crippen LogP contribution in [-0.2, 0) is 14.4 Å². The first-order chi connectivity index (χ1) is 11.5. The second kappa shape index (κ2) is 5.74. The van der Waals surface area contributed by atoms with Crippen molar-refractivity contribution >= 4 is 46.6 Å². The van der Waals surface area contributed by atoms with E-state index in [2.05, 4.69) is 5.32 Å². The second-order valence-electron chi connectivity index (χ2n) is 6.82. The molecule has 1 heterocycles. The number of anilines is 1. The molecule has 3 aliphatic rings. The first kappa shape index (κ1) is 15.9. The third-order valence-electron chi connectivity index (χ3n) is 5.52. The van der Waals surface area contributed by atoms with Gasteiger partial charge in [0.25, 0.3) is 0 Å². The van der Waals surface area contributed by atoms with E-state index in [-0.39, 0.29) is 30.2 Å².